The van der Waals surface area contributed by atoms with Crippen LogP contribution in [-0.4, -0.2) is 70.2 Å². The number of hydrogen-bond donors (Lipinski definition) is 2. The van der Waals surface area contributed by atoms with Crippen molar-refractivity contribution in [3.05, 3.63) is 24.3 Å². The Kier molecular flexibility index (Phi) is 6.64. The Bertz CT molecular complexity index is 922. The van der Waals surface area contributed by atoms with E-state index in [1.54, 1.807) is 55.0 Å². The van der Waals surface area contributed by atoms with Crippen LogP contribution >= 0.6 is 11.8 Å². The van der Waals surface area contributed by atoms with E-state index in [2.05, 4.69) is 5.32 Å². The molecule has 3 fully saturated rings. The molecule has 2 amide bonds. The molecule has 3 heterocycles. The summed E-state index contributed by atoms with van der Waals surface area (Å²) in [6, 6.07) is 5.70. The van der Waals surface area contributed by atoms with Crippen LogP contribution in [0.1, 0.15) is 33.6 Å². The van der Waals surface area contributed by atoms with Gasteiger partial charge in [0, 0.05) is 10.9 Å². The summed E-state index contributed by atoms with van der Waals surface area (Å²) in [7, 11) is 1.57. The van der Waals surface area contributed by atoms with Crippen LogP contribution in [0.2, 0.25) is 0 Å². The van der Waals surface area contributed by atoms with E-state index in [9.17, 15) is 19.5 Å². The van der Waals surface area contributed by atoms with Gasteiger partial charge in [-0.15, -0.1) is 11.8 Å². The van der Waals surface area contributed by atoms with Crippen molar-refractivity contribution in [2.45, 2.75) is 55.7 Å². The maximum atomic E-state index is 13.8. The van der Waals surface area contributed by atoms with Crippen molar-refractivity contribution in [3.63, 3.8) is 0 Å². The molecule has 0 aliphatic carbocycles. The highest BCUT2D eigenvalue weighted by molar-refractivity contribution is 8.02. The number of aliphatic hydroxyl groups is 1. The van der Waals surface area contributed by atoms with E-state index in [1.165, 1.54) is 0 Å². The molecule has 180 valence electrons. The molecule has 6 atom stereocenters. The zero-order valence-corrected chi connectivity index (χ0v) is 20.3. The van der Waals surface area contributed by atoms with Crippen molar-refractivity contribution in [2.75, 3.05) is 25.6 Å². The Morgan fingerprint density at radius 3 is 2.58 bits per heavy atom. The summed E-state index contributed by atoms with van der Waals surface area (Å²) in [6.07, 6.45) is 1.42. The van der Waals surface area contributed by atoms with Gasteiger partial charge >= 0.3 is 5.97 Å². The van der Waals surface area contributed by atoms with E-state index in [0.717, 1.165) is 6.42 Å². The normalized spacial score (nSPS) is 31.0. The van der Waals surface area contributed by atoms with Gasteiger partial charge in [-0.1, -0.05) is 13.8 Å². The van der Waals surface area contributed by atoms with Crippen molar-refractivity contribution >= 4 is 35.2 Å². The van der Waals surface area contributed by atoms with Crippen molar-refractivity contribution in [2.24, 2.45) is 17.8 Å². The van der Waals surface area contributed by atoms with E-state index in [-0.39, 0.29) is 42.2 Å². The lowest BCUT2D eigenvalue weighted by Gasteiger charge is -2.38. The van der Waals surface area contributed by atoms with Crippen LogP contribution in [0.25, 0.3) is 0 Å². The molecule has 8 nitrogen and oxygen atoms in total. The molecule has 33 heavy (non-hydrogen) atoms. The number of rotatable bonds is 8. The lowest BCUT2D eigenvalue weighted by Crippen LogP contribution is -2.56. The van der Waals surface area contributed by atoms with Gasteiger partial charge in [-0.2, -0.15) is 0 Å². The third-order valence-electron chi connectivity index (χ3n) is 7.22. The van der Waals surface area contributed by atoms with Gasteiger partial charge in [-0.3, -0.25) is 14.4 Å². The molecule has 4 rings (SSSR count). The minimum Gasteiger partial charge on any atom is -0.497 e. The number of nitrogens with one attached hydrogen (secondary N) is 1. The van der Waals surface area contributed by atoms with Gasteiger partial charge in [-0.05, 0) is 49.9 Å². The number of methoxy groups -OCH3 is 1. The molecule has 9 heteroatoms. The molecule has 3 aliphatic heterocycles. The number of benzene rings is 1. The van der Waals surface area contributed by atoms with Gasteiger partial charge in [0.25, 0.3) is 0 Å². The van der Waals surface area contributed by atoms with Gasteiger partial charge in [0.1, 0.15) is 11.8 Å². The van der Waals surface area contributed by atoms with Gasteiger partial charge in [-0.25, -0.2) is 0 Å². The second kappa shape index (κ2) is 9.18. The highest BCUT2D eigenvalue weighted by atomic mass is 32.2. The summed E-state index contributed by atoms with van der Waals surface area (Å²) in [4.78, 5) is 42.0. The Morgan fingerprint density at radius 1 is 1.30 bits per heavy atom. The van der Waals surface area contributed by atoms with Gasteiger partial charge < -0.3 is 24.8 Å². The van der Waals surface area contributed by atoms with Crippen LogP contribution in [0, 0.1) is 17.8 Å². The molecule has 0 aromatic heterocycles. The highest BCUT2D eigenvalue weighted by Crippen LogP contribution is 2.67. The van der Waals surface area contributed by atoms with Crippen molar-refractivity contribution in [1.82, 2.24) is 4.90 Å². The van der Waals surface area contributed by atoms with Gasteiger partial charge in [0.2, 0.25) is 11.8 Å². The van der Waals surface area contributed by atoms with E-state index in [1.807, 2.05) is 13.8 Å². The number of nitrogens with zero attached hydrogens (tertiary/aromatic N) is 1. The first-order chi connectivity index (χ1) is 15.8. The fourth-order valence-corrected chi connectivity index (χ4v) is 7.95. The molecule has 3 saturated heterocycles. The lowest BCUT2D eigenvalue weighted by atomic mass is 9.71. The molecule has 2 N–H and O–H groups in total. The fraction of sp³-hybridized carbons (Fsp3) is 0.625. The average molecular weight is 477 g/mol. The van der Waals surface area contributed by atoms with Crippen LogP contribution in [0.4, 0.5) is 5.69 Å². The van der Waals surface area contributed by atoms with Crippen molar-refractivity contribution in [1.29, 1.82) is 0 Å². The van der Waals surface area contributed by atoms with Crippen molar-refractivity contribution in [3.8, 4) is 5.75 Å². The average Bonchev–Trinajstić information content (AvgIpc) is 3.42. The summed E-state index contributed by atoms with van der Waals surface area (Å²) >= 11 is 1.59. The van der Waals surface area contributed by atoms with E-state index < -0.39 is 28.7 Å². The zero-order chi connectivity index (χ0) is 23.9. The summed E-state index contributed by atoms with van der Waals surface area (Å²) < 4.78 is 9.81. The standard InChI is InChI=1S/C24H32N2O6S/c1-5-32-23(30)18-17-10-11-24(33-17)19(18)22(29)26(16(12-27)13(2)3)20(24)21(28)25-14-6-8-15(31-4)9-7-14/h6-9,13,16-20,27H,5,10-12H2,1-4H3,(H,25,28)/t16-,17+,18-,19-,20?,24?/m0/s1. The zero-order valence-electron chi connectivity index (χ0n) is 19.4. The number of likely N-dealkylation sites (tertiary alicyclic amines) is 1. The number of carbonyl (C=O) groups is 3. The lowest BCUT2D eigenvalue weighted by molar-refractivity contribution is -0.154. The van der Waals surface area contributed by atoms with E-state index in [0.29, 0.717) is 17.9 Å². The Balaban J connectivity index is 1.72. The Morgan fingerprint density at radius 2 is 2.00 bits per heavy atom. The Hall–Kier alpha value is -2.26. The third-order valence-corrected chi connectivity index (χ3v) is 9.17. The fourth-order valence-electron chi connectivity index (χ4n) is 5.76. The minimum absolute atomic E-state index is 0.0388. The molecule has 0 saturated carbocycles. The molecular weight excluding hydrogens is 444 g/mol. The first kappa shape index (κ1) is 23.9. The first-order valence-corrected chi connectivity index (χ1v) is 12.4. The largest absolute Gasteiger partial charge is 0.497 e. The maximum Gasteiger partial charge on any atom is 0.310 e. The maximum absolute atomic E-state index is 13.8. The SMILES string of the molecule is CCOC(=O)[C@@H]1[C@H]2C(=O)N([C@@H](CO)C(C)C)C(C(=O)Nc3ccc(OC)cc3)C23CC[C@H]1S3. The monoisotopic (exact) mass is 476 g/mol. The molecule has 2 bridgehead atoms. The van der Waals surface area contributed by atoms with Gasteiger partial charge in [0.15, 0.2) is 0 Å². The number of thioether (sulfide) groups is 1. The Labute approximate surface area is 198 Å². The smallest absolute Gasteiger partial charge is 0.310 e. The number of fused-ring (bicyclic) bond motifs is 1. The van der Waals surface area contributed by atoms with Crippen LogP contribution in [0.15, 0.2) is 24.3 Å². The third kappa shape index (κ3) is 3.79. The van der Waals surface area contributed by atoms with E-state index >= 15 is 0 Å². The summed E-state index contributed by atoms with van der Waals surface area (Å²) in [6.45, 7) is 5.59. The van der Waals surface area contributed by atoms with Crippen molar-refractivity contribution < 1.29 is 29.0 Å². The molecule has 1 aromatic rings. The second-order valence-corrected chi connectivity index (χ2v) is 10.9. The van der Waals surface area contributed by atoms with E-state index in [4.69, 9.17) is 9.47 Å². The van der Waals surface area contributed by atoms with Crippen LogP contribution in [0.3, 0.4) is 0 Å². The number of hydrogen-bond acceptors (Lipinski definition) is 7. The molecule has 3 aliphatic rings. The topological polar surface area (TPSA) is 105 Å². The number of anilines is 1. The quantitative estimate of drug-likeness (QED) is 0.555. The van der Waals surface area contributed by atoms with Crippen LogP contribution in [-0.2, 0) is 19.1 Å². The molecule has 1 spiro atoms. The highest BCUT2D eigenvalue weighted by Gasteiger charge is 2.74. The van der Waals surface area contributed by atoms with Crippen LogP contribution in [0.5, 0.6) is 5.75 Å². The summed E-state index contributed by atoms with van der Waals surface area (Å²) in [5.41, 5.74) is 0.595. The summed E-state index contributed by atoms with van der Waals surface area (Å²) in [5.74, 6) is -1.47. The number of aliphatic hydroxyl groups excluding tert-OH is 1. The minimum atomic E-state index is -0.786. The number of amides is 2. The summed E-state index contributed by atoms with van der Waals surface area (Å²) in [5, 5.41) is 13.1. The number of esters is 1. The number of carbonyl (C=O) groups excluding carboxylic acids is 3. The second-order valence-electron chi connectivity index (χ2n) is 9.27. The first-order valence-electron chi connectivity index (χ1n) is 11.5. The predicted molar refractivity (Wildman–Crippen MR) is 125 cm³/mol. The molecule has 0 radical (unpaired) electrons. The van der Waals surface area contributed by atoms with Gasteiger partial charge in [0.05, 0.1) is 42.9 Å². The number of ether oxygens (including phenoxy) is 2. The predicted octanol–water partition coefficient (Wildman–Crippen LogP) is 2.30. The molecule has 1 aromatic carbocycles. The molecular formula is C24H32N2O6S. The molecule has 2 unspecified atom stereocenters. The van der Waals surface area contributed by atoms with Crippen LogP contribution < -0.4 is 10.1 Å².